The molecule has 0 saturated carbocycles. The highest BCUT2D eigenvalue weighted by molar-refractivity contribution is 5.72. The summed E-state index contributed by atoms with van der Waals surface area (Å²) in [7, 11) is 0. The van der Waals surface area contributed by atoms with Gasteiger partial charge in [-0.25, -0.2) is 0 Å². The Morgan fingerprint density at radius 3 is 2.62 bits per heavy atom. The van der Waals surface area contributed by atoms with Crippen molar-refractivity contribution < 1.29 is 14.3 Å². The fourth-order valence-electron chi connectivity index (χ4n) is 1.11. The highest BCUT2D eigenvalue weighted by atomic mass is 16.5. The van der Waals surface area contributed by atoms with Gasteiger partial charge in [0, 0.05) is 12.6 Å². The molecule has 16 heavy (non-hydrogen) atoms. The average molecular weight is 222 g/mol. The summed E-state index contributed by atoms with van der Waals surface area (Å²) in [5.74, 6) is 0.621. The summed E-state index contributed by atoms with van der Waals surface area (Å²) in [6.07, 6.45) is 0.618. The van der Waals surface area contributed by atoms with Crippen LogP contribution >= 0.6 is 0 Å². The van der Waals surface area contributed by atoms with E-state index in [-0.39, 0.29) is 5.91 Å². The van der Waals surface area contributed by atoms with Crippen LogP contribution in [-0.2, 0) is 9.59 Å². The maximum atomic E-state index is 10.6. The van der Waals surface area contributed by atoms with Crippen molar-refractivity contribution in [2.24, 2.45) is 0 Å². The summed E-state index contributed by atoms with van der Waals surface area (Å²) in [6.45, 7) is 2.35. The summed E-state index contributed by atoms with van der Waals surface area (Å²) < 4.78 is 5.36. The molecule has 5 heteroatoms. The number of rotatable bonds is 6. The van der Waals surface area contributed by atoms with Crippen molar-refractivity contribution in [2.75, 3.05) is 18.5 Å². The Balaban J connectivity index is 2.31. The number of benzene rings is 1. The van der Waals surface area contributed by atoms with E-state index in [9.17, 15) is 9.59 Å². The maximum Gasteiger partial charge on any atom is 0.216 e. The zero-order valence-corrected chi connectivity index (χ0v) is 9.03. The number of hydrogen-bond acceptors (Lipinski definition) is 3. The minimum Gasteiger partial charge on any atom is -0.492 e. The normalized spacial score (nSPS) is 9.31. The summed E-state index contributed by atoms with van der Waals surface area (Å²) in [5.41, 5.74) is 0.712. The van der Waals surface area contributed by atoms with Crippen LogP contribution < -0.4 is 15.4 Å². The molecular formula is C11H14N2O3. The molecule has 0 aromatic heterocycles. The molecule has 0 aliphatic rings. The predicted molar refractivity (Wildman–Crippen MR) is 60.3 cm³/mol. The van der Waals surface area contributed by atoms with Crippen LogP contribution in [0.1, 0.15) is 6.92 Å². The molecule has 0 heterocycles. The Kier molecular flexibility index (Phi) is 4.85. The Bertz CT molecular complexity index is 349. The molecule has 0 fully saturated rings. The van der Waals surface area contributed by atoms with Crippen LogP contribution in [0, 0.1) is 0 Å². The number of hydrogen-bond donors (Lipinski definition) is 2. The third kappa shape index (κ3) is 4.45. The van der Waals surface area contributed by atoms with E-state index in [1.807, 2.05) is 0 Å². The van der Waals surface area contributed by atoms with Crippen LogP contribution in [0.15, 0.2) is 24.3 Å². The maximum absolute atomic E-state index is 10.6. The van der Waals surface area contributed by atoms with Gasteiger partial charge in [-0.05, 0) is 24.3 Å². The summed E-state index contributed by atoms with van der Waals surface area (Å²) in [5, 5.41) is 5.15. The monoisotopic (exact) mass is 222 g/mol. The summed E-state index contributed by atoms with van der Waals surface area (Å²) >= 11 is 0. The fourth-order valence-corrected chi connectivity index (χ4v) is 1.11. The average Bonchev–Trinajstić information content (AvgIpc) is 2.27. The minimum absolute atomic E-state index is 0.0749. The van der Waals surface area contributed by atoms with Gasteiger partial charge in [0.05, 0.1) is 6.54 Å². The zero-order valence-electron chi connectivity index (χ0n) is 9.03. The molecule has 0 saturated heterocycles. The van der Waals surface area contributed by atoms with Crippen LogP contribution in [0.5, 0.6) is 5.75 Å². The SMILES string of the molecule is CC(=O)NCCOc1ccc(NC=O)cc1. The van der Waals surface area contributed by atoms with Crippen LogP contribution in [-0.4, -0.2) is 25.5 Å². The number of carbonyl (C=O) groups is 2. The highest BCUT2D eigenvalue weighted by Gasteiger charge is 1.95. The van der Waals surface area contributed by atoms with Gasteiger partial charge in [0.2, 0.25) is 12.3 Å². The minimum atomic E-state index is -0.0749. The topological polar surface area (TPSA) is 67.4 Å². The standard InChI is InChI=1S/C11H14N2O3/c1-9(15)12-6-7-16-11-4-2-10(3-5-11)13-8-14/h2-5,8H,6-7H2,1H3,(H,12,15)(H,13,14). The lowest BCUT2D eigenvalue weighted by Crippen LogP contribution is -2.25. The van der Waals surface area contributed by atoms with E-state index in [4.69, 9.17) is 4.74 Å². The van der Waals surface area contributed by atoms with Gasteiger partial charge in [-0.3, -0.25) is 9.59 Å². The van der Waals surface area contributed by atoms with Crippen LogP contribution in [0.4, 0.5) is 5.69 Å². The molecule has 0 radical (unpaired) electrons. The Morgan fingerprint density at radius 1 is 1.38 bits per heavy atom. The smallest absolute Gasteiger partial charge is 0.216 e. The van der Waals surface area contributed by atoms with Gasteiger partial charge in [-0.15, -0.1) is 0 Å². The Morgan fingerprint density at radius 2 is 2.06 bits per heavy atom. The van der Waals surface area contributed by atoms with E-state index in [2.05, 4.69) is 10.6 Å². The van der Waals surface area contributed by atoms with Gasteiger partial charge >= 0.3 is 0 Å². The first-order valence-corrected chi connectivity index (χ1v) is 4.90. The molecule has 2 amide bonds. The second kappa shape index (κ2) is 6.44. The van der Waals surface area contributed by atoms with Crippen LogP contribution in [0.25, 0.3) is 0 Å². The molecule has 0 atom stereocenters. The van der Waals surface area contributed by atoms with Crippen LogP contribution in [0.3, 0.4) is 0 Å². The van der Waals surface area contributed by atoms with E-state index in [0.29, 0.717) is 31.0 Å². The van der Waals surface area contributed by atoms with E-state index in [1.165, 1.54) is 6.92 Å². The third-order valence-electron chi connectivity index (χ3n) is 1.82. The molecule has 1 aromatic carbocycles. The third-order valence-corrected chi connectivity index (χ3v) is 1.82. The van der Waals surface area contributed by atoms with Crippen LogP contribution in [0.2, 0.25) is 0 Å². The lowest BCUT2D eigenvalue weighted by molar-refractivity contribution is -0.119. The van der Waals surface area contributed by atoms with E-state index in [0.717, 1.165) is 0 Å². The van der Waals surface area contributed by atoms with Gasteiger partial charge in [-0.2, -0.15) is 0 Å². The molecular weight excluding hydrogens is 208 g/mol. The first-order chi connectivity index (χ1) is 7.72. The molecule has 0 aliphatic carbocycles. The van der Waals surface area contributed by atoms with E-state index in [1.54, 1.807) is 24.3 Å². The predicted octanol–water partition coefficient (Wildman–Crippen LogP) is 0.770. The largest absolute Gasteiger partial charge is 0.492 e. The lowest BCUT2D eigenvalue weighted by atomic mass is 10.3. The van der Waals surface area contributed by atoms with Gasteiger partial charge in [0.1, 0.15) is 12.4 Å². The van der Waals surface area contributed by atoms with Crippen molar-refractivity contribution >= 4 is 18.0 Å². The zero-order chi connectivity index (χ0) is 11.8. The summed E-state index contributed by atoms with van der Waals surface area (Å²) in [4.78, 5) is 20.7. The van der Waals surface area contributed by atoms with Crippen molar-refractivity contribution in [1.29, 1.82) is 0 Å². The second-order valence-corrected chi connectivity index (χ2v) is 3.12. The number of carbonyl (C=O) groups excluding carboxylic acids is 2. The molecule has 5 nitrogen and oxygen atoms in total. The molecule has 0 bridgehead atoms. The fraction of sp³-hybridized carbons (Fsp3) is 0.273. The quantitative estimate of drug-likeness (QED) is 0.552. The molecule has 0 unspecified atom stereocenters. The first-order valence-electron chi connectivity index (χ1n) is 4.90. The molecule has 1 rings (SSSR count). The summed E-state index contributed by atoms with van der Waals surface area (Å²) in [6, 6.07) is 6.98. The lowest BCUT2D eigenvalue weighted by Gasteiger charge is -2.07. The van der Waals surface area contributed by atoms with Crippen molar-refractivity contribution in [2.45, 2.75) is 6.92 Å². The second-order valence-electron chi connectivity index (χ2n) is 3.12. The molecule has 1 aromatic rings. The molecule has 86 valence electrons. The molecule has 2 N–H and O–H groups in total. The number of ether oxygens (including phenoxy) is 1. The molecule has 0 spiro atoms. The van der Waals surface area contributed by atoms with Gasteiger partial charge < -0.3 is 15.4 Å². The van der Waals surface area contributed by atoms with Gasteiger partial charge in [-0.1, -0.05) is 0 Å². The Labute approximate surface area is 93.8 Å². The van der Waals surface area contributed by atoms with Crippen molar-refractivity contribution in [1.82, 2.24) is 5.32 Å². The first kappa shape index (κ1) is 12.0. The molecule has 0 aliphatic heterocycles. The van der Waals surface area contributed by atoms with Gasteiger partial charge in [0.25, 0.3) is 0 Å². The highest BCUT2D eigenvalue weighted by Crippen LogP contribution is 2.14. The van der Waals surface area contributed by atoms with Crippen molar-refractivity contribution in [3.63, 3.8) is 0 Å². The Hall–Kier alpha value is -2.04. The number of anilines is 1. The van der Waals surface area contributed by atoms with E-state index < -0.39 is 0 Å². The van der Waals surface area contributed by atoms with Crippen molar-refractivity contribution in [3.05, 3.63) is 24.3 Å². The van der Waals surface area contributed by atoms with E-state index >= 15 is 0 Å². The number of nitrogens with one attached hydrogen (secondary N) is 2. The van der Waals surface area contributed by atoms with Crippen molar-refractivity contribution in [3.8, 4) is 5.75 Å². The van der Waals surface area contributed by atoms with Gasteiger partial charge in [0.15, 0.2) is 0 Å². The number of amides is 2.